The number of carbonyl (C=O) groups excluding carboxylic acids is 1. The number of benzene rings is 1. The summed E-state index contributed by atoms with van der Waals surface area (Å²) in [4.78, 5) is 14.5. The number of hydrogen-bond acceptors (Lipinski definition) is 5. The predicted octanol–water partition coefficient (Wildman–Crippen LogP) is 3.44. The Morgan fingerprint density at radius 2 is 2.10 bits per heavy atom. The van der Waals surface area contributed by atoms with Gasteiger partial charge in [-0.3, -0.25) is 14.4 Å². The molecule has 0 radical (unpaired) electrons. The fourth-order valence-corrected chi connectivity index (χ4v) is 3.59. The average Bonchev–Trinajstić information content (AvgIpc) is 3.01. The Kier molecular flexibility index (Phi) is 7.52. The molecule has 0 unspecified atom stereocenters. The molecule has 1 aliphatic rings. The van der Waals surface area contributed by atoms with E-state index >= 15 is 0 Å². The van der Waals surface area contributed by atoms with Gasteiger partial charge in [0.2, 0.25) is 5.91 Å². The molecular formula is C21H29ClN4O3. The Morgan fingerprint density at radius 3 is 2.76 bits per heavy atom. The molecule has 1 N–H and O–H groups in total. The second kappa shape index (κ2) is 10.1. The first-order chi connectivity index (χ1) is 13.9. The summed E-state index contributed by atoms with van der Waals surface area (Å²) in [7, 11) is 1.84. The van der Waals surface area contributed by atoms with E-state index in [0.29, 0.717) is 35.4 Å². The van der Waals surface area contributed by atoms with E-state index < -0.39 is 0 Å². The lowest BCUT2D eigenvalue weighted by Gasteiger charge is -2.26. The minimum atomic E-state index is -0.0111. The van der Waals surface area contributed by atoms with Gasteiger partial charge >= 0.3 is 0 Å². The molecule has 29 heavy (non-hydrogen) atoms. The van der Waals surface area contributed by atoms with Crippen LogP contribution in [-0.2, 0) is 16.6 Å². The van der Waals surface area contributed by atoms with Crippen LogP contribution in [0.25, 0.3) is 11.3 Å². The predicted molar refractivity (Wildman–Crippen MR) is 114 cm³/mol. The zero-order chi connectivity index (χ0) is 20.8. The number of ether oxygens (including phenoxy) is 2. The Hall–Kier alpha value is -2.09. The number of halogens is 1. The lowest BCUT2D eigenvalue weighted by atomic mass is 10.1. The minimum Gasteiger partial charge on any atom is -0.492 e. The molecule has 3 rings (SSSR count). The van der Waals surface area contributed by atoms with Crippen LogP contribution in [0.4, 0.5) is 5.69 Å². The van der Waals surface area contributed by atoms with Crippen LogP contribution in [0.2, 0.25) is 5.02 Å². The first kappa shape index (κ1) is 21.6. The van der Waals surface area contributed by atoms with Crippen molar-refractivity contribution in [1.82, 2.24) is 14.7 Å². The summed E-state index contributed by atoms with van der Waals surface area (Å²) in [5.41, 5.74) is 2.27. The van der Waals surface area contributed by atoms with E-state index in [9.17, 15) is 4.79 Å². The first-order valence-corrected chi connectivity index (χ1v) is 10.4. The van der Waals surface area contributed by atoms with E-state index in [4.69, 9.17) is 21.1 Å². The molecule has 2 heterocycles. The Balaban J connectivity index is 1.78. The highest BCUT2D eigenvalue weighted by Crippen LogP contribution is 2.36. The summed E-state index contributed by atoms with van der Waals surface area (Å²) in [6.45, 7) is 8.80. The second-order valence-corrected chi connectivity index (χ2v) is 8.03. The first-order valence-electron chi connectivity index (χ1n) is 9.98. The highest BCUT2D eigenvalue weighted by atomic mass is 35.5. The van der Waals surface area contributed by atoms with Gasteiger partial charge in [-0.1, -0.05) is 25.4 Å². The third-order valence-corrected chi connectivity index (χ3v) is 5.05. The van der Waals surface area contributed by atoms with Crippen LogP contribution in [0.5, 0.6) is 5.75 Å². The average molecular weight is 421 g/mol. The van der Waals surface area contributed by atoms with Crippen molar-refractivity contribution in [2.45, 2.75) is 20.3 Å². The Morgan fingerprint density at radius 1 is 1.34 bits per heavy atom. The minimum absolute atomic E-state index is 0.0111. The summed E-state index contributed by atoms with van der Waals surface area (Å²) >= 11 is 6.39. The van der Waals surface area contributed by atoms with Crippen LogP contribution in [-0.4, -0.2) is 60.0 Å². The molecule has 1 fully saturated rings. The maximum atomic E-state index is 12.2. The van der Waals surface area contributed by atoms with Gasteiger partial charge in [0.25, 0.3) is 0 Å². The number of amides is 1. The van der Waals surface area contributed by atoms with Gasteiger partial charge in [0, 0.05) is 44.4 Å². The molecule has 8 heteroatoms. The molecule has 0 saturated carbocycles. The Bertz CT molecular complexity index is 812. The third kappa shape index (κ3) is 5.95. The van der Waals surface area contributed by atoms with Crippen LogP contribution in [0, 0.1) is 5.92 Å². The number of carbonyl (C=O) groups is 1. The van der Waals surface area contributed by atoms with Gasteiger partial charge in [-0.05, 0) is 24.1 Å². The quantitative estimate of drug-likeness (QED) is 0.708. The Labute approximate surface area is 176 Å². The molecule has 158 valence electrons. The van der Waals surface area contributed by atoms with Crippen molar-refractivity contribution in [2.24, 2.45) is 13.0 Å². The van der Waals surface area contributed by atoms with E-state index in [1.165, 1.54) is 0 Å². The van der Waals surface area contributed by atoms with Crippen LogP contribution in [0.1, 0.15) is 20.3 Å². The summed E-state index contributed by atoms with van der Waals surface area (Å²) in [6.07, 6.45) is 2.08. The van der Waals surface area contributed by atoms with Gasteiger partial charge in [0.05, 0.1) is 30.1 Å². The maximum absolute atomic E-state index is 12.2. The molecule has 0 aliphatic carbocycles. The lowest BCUT2D eigenvalue weighted by Crippen LogP contribution is -2.38. The highest BCUT2D eigenvalue weighted by Gasteiger charge is 2.17. The third-order valence-electron chi connectivity index (χ3n) is 4.77. The smallest absolute Gasteiger partial charge is 0.224 e. The summed E-state index contributed by atoms with van der Waals surface area (Å²) in [5, 5.41) is 7.74. The molecule has 0 atom stereocenters. The van der Waals surface area contributed by atoms with E-state index in [1.54, 1.807) is 10.9 Å². The number of nitrogens with zero attached hydrogens (tertiary/aromatic N) is 3. The number of anilines is 1. The standard InChI is InChI=1S/C21H29ClN4O3/c1-15(2)12-20(27)24-16-4-5-19(29-11-8-26-6-9-28-10-7-26)17(13-16)21-18(22)14-23-25(21)3/h4-5,13-15H,6-12H2,1-3H3,(H,24,27). The van der Waals surface area contributed by atoms with Crippen molar-refractivity contribution < 1.29 is 14.3 Å². The van der Waals surface area contributed by atoms with Gasteiger partial charge < -0.3 is 14.8 Å². The molecule has 1 aromatic heterocycles. The molecule has 7 nitrogen and oxygen atoms in total. The highest BCUT2D eigenvalue weighted by molar-refractivity contribution is 6.33. The fourth-order valence-electron chi connectivity index (χ4n) is 3.32. The number of morpholine rings is 1. The van der Waals surface area contributed by atoms with Crippen molar-refractivity contribution in [3.63, 3.8) is 0 Å². The van der Waals surface area contributed by atoms with Crippen molar-refractivity contribution in [2.75, 3.05) is 44.8 Å². The summed E-state index contributed by atoms with van der Waals surface area (Å²) in [6, 6.07) is 5.63. The van der Waals surface area contributed by atoms with Crippen LogP contribution >= 0.6 is 11.6 Å². The summed E-state index contributed by atoms with van der Waals surface area (Å²) in [5.74, 6) is 0.998. The molecule has 1 amide bonds. The van der Waals surface area contributed by atoms with Crippen LogP contribution < -0.4 is 10.1 Å². The normalized spacial score (nSPS) is 14.9. The van der Waals surface area contributed by atoms with Gasteiger partial charge in [0.1, 0.15) is 12.4 Å². The zero-order valence-electron chi connectivity index (χ0n) is 17.3. The number of rotatable bonds is 8. The van der Waals surface area contributed by atoms with Crippen molar-refractivity contribution in [3.8, 4) is 17.0 Å². The van der Waals surface area contributed by atoms with Gasteiger partial charge in [-0.25, -0.2) is 0 Å². The largest absolute Gasteiger partial charge is 0.492 e. The topological polar surface area (TPSA) is 68.6 Å². The number of nitrogens with one attached hydrogen (secondary N) is 1. The molecule has 1 saturated heterocycles. The number of aromatic nitrogens is 2. The van der Waals surface area contributed by atoms with Crippen LogP contribution in [0.3, 0.4) is 0 Å². The zero-order valence-corrected chi connectivity index (χ0v) is 18.0. The molecule has 1 aliphatic heterocycles. The second-order valence-electron chi connectivity index (χ2n) is 7.62. The van der Waals surface area contributed by atoms with Crippen molar-refractivity contribution in [3.05, 3.63) is 29.4 Å². The molecule has 2 aromatic rings. The molecule has 1 aromatic carbocycles. The molecular weight excluding hydrogens is 392 g/mol. The monoisotopic (exact) mass is 420 g/mol. The van der Waals surface area contributed by atoms with Crippen LogP contribution in [0.15, 0.2) is 24.4 Å². The fraction of sp³-hybridized carbons (Fsp3) is 0.524. The van der Waals surface area contributed by atoms with E-state index in [2.05, 4.69) is 15.3 Å². The SMILES string of the molecule is CC(C)CC(=O)Nc1ccc(OCCN2CCOCC2)c(-c2c(Cl)cnn2C)c1. The van der Waals surface area contributed by atoms with E-state index in [-0.39, 0.29) is 5.91 Å². The maximum Gasteiger partial charge on any atom is 0.224 e. The number of hydrogen-bond donors (Lipinski definition) is 1. The van der Waals surface area contributed by atoms with Gasteiger partial charge in [-0.15, -0.1) is 0 Å². The van der Waals surface area contributed by atoms with E-state index in [0.717, 1.165) is 44.1 Å². The van der Waals surface area contributed by atoms with E-state index in [1.807, 2.05) is 39.1 Å². The molecule has 0 spiro atoms. The van der Waals surface area contributed by atoms with Crippen molar-refractivity contribution >= 4 is 23.2 Å². The molecule has 0 bridgehead atoms. The van der Waals surface area contributed by atoms with Crippen molar-refractivity contribution in [1.29, 1.82) is 0 Å². The number of aryl methyl sites for hydroxylation is 1. The summed E-state index contributed by atoms with van der Waals surface area (Å²) < 4.78 is 13.2. The van der Waals surface area contributed by atoms with Gasteiger partial charge in [-0.2, -0.15) is 5.10 Å². The lowest BCUT2D eigenvalue weighted by molar-refractivity contribution is -0.116. The van der Waals surface area contributed by atoms with Gasteiger partial charge in [0.15, 0.2) is 0 Å².